The van der Waals surface area contributed by atoms with Gasteiger partial charge in [0.15, 0.2) is 5.82 Å². The minimum atomic E-state index is -4.38. The van der Waals surface area contributed by atoms with Crippen molar-refractivity contribution in [1.29, 1.82) is 0 Å². The summed E-state index contributed by atoms with van der Waals surface area (Å²) in [5.41, 5.74) is 2.14. The van der Waals surface area contributed by atoms with E-state index in [9.17, 15) is 13.2 Å². The normalized spacial score (nSPS) is 16.4. The maximum Gasteiger partial charge on any atom is 0.416 e. The molecule has 0 amide bonds. The number of nitrogens with one attached hydrogen (secondary N) is 1. The van der Waals surface area contributed by atoms with Gasteiger partial charge in [-0.2, -0.15) is 18.3 Å². The smallest absolute Gasteiger partial charge is 0.369 e. The van der Waals surface area contributed by atoms with E-state index in [1.54, 1.807) is 6.07 Å². The van der Waals surface area contributed by atoms with Crippen LogP contribution < -0.4 is 10.2 Å². The summed E-state index contributed by atoms with van der Waals surface area (Å²) in [6.07, 6.45) is -4.38. The van der Waals surface area contributed by atoms with Crippen molar-refractivity contribution in [2.45, 2.75) is 33.0 Å². The SMILES string of the molecule is Cc1c(C(C)Nc2nnc(C)c3ccc(N4CCN(C)CC4)cc23)cccc1C(F)(F)F. The lowest BCUT2D eigenvalue weighted by atomic mass is 9.97. The molecule has 1 atom stereocenters. The van der Waals surface area contributed by atoms with Crippen LogP contribution in [0, 0.1) is 13.8 Å². The van der Waals surface area contributed by atoms with Crippen LogP contribution in [0.5, 0.6) is 0 Å². The number of anilines is 2. The van der Waals surface area contributed by atoms with Crippen LogP contribution in [0.4, 0.5) is 24.7 Å². The monoisotopic (exact) mass is 443 g/mol. The molecule has 1 unspecified atom stereocenters. The fourth-order valence-corrected chi connectivity index (χ4v) is 4.36. The summed E-state index contributed by atoms with van der Waals surface area (Å²) in [7, 11) is 2.12. The van der Waals surface area contributed by atoms with Crippen LogP contribution in [0.1, 0.15) is 35.3 Å². The Morgan fingerprint density at radius 1 is 0.969 bits per heavy atom. The number of nitrogens with zero attached hydrogens (tertiary/aromatic N) is 4. The molecule has 2 aromatic carbocycles. The first-order chi connectivity index (χ1) is 15.1. The summed E-state index contributed by atoms with van der Waals surface area (Å²) < 4.78 is 40.1. The molecule has 32 heavy (non-hydrogen) atoms. The van der Waals surface area contributed by atoms with E-state index in [0.29, 0.717) is 11.4 Å². The van der Waals surface area contributed by atoms with Gasteiger partial charge in [0.2, 0.25) is 0 Å². The number of halogens is 3. The van der Waals surface area contributed by atoms with Crippen molar-refractivity contribution in [2.24, 2.45) is 0 Å². The number of rotatable bonds is 4. The first-order valence-electron chi connectivity index (χ1n) is 10.8. The van der Waals surface area contributed by atoms with Crippen LogP contribution in [0.2, 0.25) is 0 Å². The average Bonchev–Trinajstić information content (AvgIpc) is 2.75. The summed E-state index contributed by atoms with van der Waals surface area (Å²) in [5.74, 6) is 0.575. The second kappa shape index (κ2) is 8.58. The predicted octanol–water partition coefficient (Wildman–Crippen LogP) is 5.19. The highest BCUT2D eigenvalue weighted by atomic mass is 19.4. The van der Waals surface area contributed by atoms with E-state index >= 15 is 0 Å². The number of benzene rings is 2. The Morgan fingerprint density at radius 3 is 2.38 bits per heavy atom. The third-order valence-electron chi connectivity index (χ3n) is 6.32. The standard InChI is InChI=1S/C24H28F3N5/c1-15-19(6-5-7-22(15)24(25,26)27)16(2)28-23-21-14-18(32-12-10-31(4)11-13-32)8-9-20(21)17(3)29-30-23/h5-9,14,16H,10-13H2,1-4H3,(H,28,30). The number of hydrogen-bond acceptors (Lipinski definition) is 5. The van der Waals surface area contributed by atoms with Gasteiger partial charge in [0, 0.05) is 42.6 Å². The fraction of sp³-hybridized carbons (Fsp3) is 0.417. The molecule has 4 rings (SSSR count). The van der Waals surface area contributed by atoms with E-state index in [1.807, 2.05) is 13.8 Å². The zero-order chi connectivity index (χ0) is 23.0. The van der Waals surface area contributed by atoms with Crippen LogP contribution in [0.3, 0.4) is 0 Å². The molecule has 0 aliphatic carbocycles. The number of likely N-dealkylation sites (N-methyl/N-ethyl adjacent to an activating group) is 1. The molecule has 1 saturated heterocycles. The summed E-state index contributed by atoms with van der Waals surface area (Å²) in [5, 5.41) is 13.9. The Morgan fingerprint density at radius 2 is 1.69 bits per heavy atom. The third-order valence-corrected chi connectivity index (χ3v) is 6.32. The van der Waals surface area contributed by atoms with Gasteiger partial charge in [0.1, 0.15) is 0 Å². The minimum Gasteiger partial charge on any atom is -0.369 e. The van der Waals surface area contributed by atoms with E-state index in [4.69, 9.17) is 0 Å². The van der Waals surface area contributed by atoms with Crippen molar-refractivity contribution >= 4 is 22.3 Å². The molecule has 170 valence electrons. The molecule has 1 aliphatic rings. The lowest BCUT2D eigenvalue weighted by Gasteiger charge is -2.34. The quantitative estimate of drug-likeness (QED) is 0.601. The maximum atomic E-state index is 13.4. The molecule has 2 heterocycles. The van der Waals surface area contributed by atoms with Crippen molar-refractivity contribution in [3.05, 3.63) is 58.8 Å². The van der Waals surface area contributed by atoms with E-state index in [1.165, 1.54) is 13.0 Å². The molecule has 1 aromatic heterocycles. The van der Waals surface area contributed by atoms with Crippen LogP contribution in [0.25, 0.3) is 10.8 Å². The predicted molar refractivity (Wildman–Crippen MR) is 122 cm³/mol. The van der Waals surface area contributed by atoms with Gasteiger partial charge in [-0.3, -0.25) is 0 Å². The summed E-state index contributed by atoms with van der Waals surface area (Å²) in [6.45, 7) is 9.17. The second-order valence-electron chi connectivity index (χ2n) is 8.54. The zero-order valence-electron chi connectivity index (χ0n) is 18.8. The Balaban J connectivity index is 1.69. The average molecular weight is 444 g/mol. The van der Waals surface area contributed by atoms with Gasteiger partial charge in [0.25, 0.3) is 0 Å². The van der Waals surface area contributed by atoms with E-state index in [2.05, 4.69) is 50.6 Å². The van der Waals surface area contributed by atoms with Gasteiger partial charge in [-0.1, -0.05) is 18.2 Å². The van der Waals surface area contributed by atoms with Crippen molar-refractivity contribution in [2.75, 3.05) is 43.4 Å². The molecular formula is C24H28F3N5. The molecule has 5 nitrogen and oxygen atoms in total. The van der Waals surface area contributed by atoms with Crippen LogP contribution >= 0.6 is 0 Å². The molecule has 0 radical (unpaired) electrons. The zero-order valence-corrected chi connectivity index (χ0v) is 18.8. The maximum absolute atomic E-state index is 13.4. The molecule has 1 fully saturated rings. The van der Waals surface area contributed by atoms with Crippen molar-refractivity contribution < 1.29 is 13.2 Å². The van der Waals surface area contributed by atoms with E-state index < -0.39 is 11.7 Å². The Bertz CT molecular complexity index is 1120. The Hall–Kier alpha value is -2.87. The summed E-state index contributed by atoms with van der Waals surface area (Å²) in [6, 6.07) is 10.2. The van der Waals surface area contributed by atoms with Gasteiger partial charge in [-0.25, -0.2) is 0 Å². The molecule has 1 aliphatic heterocycles. The summed E-state index contributed by atoms with van der Waals surface area (Å²) >= 11 is 0. The molecular weight excluding hydrogens is 415 g/mol. The van der Waals surface area contributed by atoms with Gasteiger partial charge in [-0.05, 0) is 57.1 Å². The van der Waals surface area contributed by atoms with Crippen molar-refractivity contribution in [3.63, 3.8) is 0 Å². The van der Waals surface area contributed by atoms with Crippen molar-refractivity contribution in [3.8, 4) is 0 Å². The lowest BCUT2D eigenvalue weighted by Crippen LogP contribution is -2.44. The van der Waals surface area contributed by atoms with Gasteiger partial charge in [0.05, 0.1) is 17.3 Å². The first kappa shape index (κ1) is 22.3. The molecule has 0 saturated carbocycles. The summed E-state index contributed by atoms with van der Waals surface area (Å²) in [4.78, 5) is 4.65. The largest absolute Gasteiger partial charge is 0.416 e. The second-order valence-corrected chi connectivity index (χ2v) is 8.54. The van der Waals surface area contributed by atoms with Gasteiger partial charge >= 0.3 is 6.18 Å². The van der Waals surface area contributed by atoms with Gasteiger partial charge < -0.3 is 15.1 Å². The minimum absolute atomic E-state index is 0.225. The molecule has 8 heteroatoms. The van der Waals surface area contributed by atoms with E-state index in [0.717, 1.165) is 54.4 Å². The number of alkyl halides is 3. The van der Waals surface area contributed by atoms with Crippen LogP contribution in [-0.2, 0) is 6.18 Å². The number of piperazine rings is 1. The molecule has 0 bridgehead atoms. The number of hydrogen-bond donors (Lipinski definition) is 1. The third kappa shape index (κ3) is 4.37. The van der Waals surface area contributed by atoms with Gasteiger partial charge in [-0.15, -0.1) is 5.10 Å². The molecule has 1 N–H and O–H groups in total. The highest BCUT2D eigenvalue weighted by molar-refractivity contribution is 5.95. The number of fused-ring (bicyclic) bond motifs is 1. The number of aromatic nitrogens is 2. The Labute approximate surface area is 186 Å². The molecule has 0 spiro atoms. The highest BCUT2D eigenvalue weighted by Gasteiger charge is 2.33. The first-order valence-corrected chi connectivity index (χ1v) is 10.8. The Kier molecular flexibility index (Phi) is 5.99. The van der Waals surface area contributed by atoms with E-state index in [-0.39, 0.29) is 11.6 Å². The number of aryl methyl sites for hydroxylation is 1. The highest BCUT2D eigenvalue weighted by Crippen LogP contribution is 2.36. The van der Waals surface area contributed by atoms with Crippen molar-refractivity contribution in [1.82, 2.24) is 15.1 Å². The van der Waals surface area contributed by atoms with Crippen LogP contribution in [-0.4, -0.2) is 48.3 Å². The topological polar surface area (TPSA) is 44.3 Å². The lowest BCUT2D eigenvalue weighted by molar-refractivity contribution is -0.138. The van der Waals surface area contributed by atoms with Crippen LogP contribution in [0.15, 0.2) is 36.4 Å². The molecule has 3 aromatic rings. The fourth-order valence-electron chi connectivity index (χ4n) is 4.36.